The molecule has 1 N–H and O–H groups in total. The lowest BCUT2D eigenvalue weighted by Crippen LogP contribution is -2.38. The number of ether oxygens (including phenoxy) is 1. The Bertz CT molecular complexity index is 655. The third-order valence-corrected chi connectivity index (χ3v) is 3.22. The van der Waals surface area contributed by atoms with Crippen LogP contribution >= 0.6 is 0 Å². The number of rotatable bonds is 7. The number of hydrogen-bond donors (Lipinski definition) is 1. The van der Waals surface area contributed by atoms with E-state index in [2.05, 4.69) is 15.3 Å². The van der Waals surface area contributed by atoms with Gasteiger partial charge >= 0.3 is 6.09 Å². The largest absolute Gasteiger partial charge is 0.445 e. The number of amides is 1. The van der Waals surface area contributed by atoms with Crippen molar-refractivity contribution in [3.8, 4) is 0 Å². The second-order valence-corrected chi connectivity index (χ2v) is 5.01. The van der Waals surface area contributed by atoms with Crippen molar-refractivity contribution in [3.05, 3.63) is 82.2 Å². The number of hydrogen-bond acceptors (Lipinski definition) is 3. The maximum absolute atomic E-state index is 11.9. The van der Waals surface area contributed by atoms with Crippen LogP contribution in [0.2, 0.25) is 0 Å². The average Bonchev–Trinajstić information content (AvgIpc) is 2.60. The first-order chi connectivity index (χ1) is 11.3. The Balaban J connectivity index is 1.88. The quantitative estimate of drug-likeness (QED) is 0.478. The lowest BCUT2D eigenvalue weighted by Gasteiger charge is -2.16. The van der Waals surface area contributed by atoms with Gasteiger partial charge in [0.2, 0.25) is 0 Å². The van der Waals surface area contributed by atoms with Crippen LogP contribution in [0.4, 0.5) is 4.79 Å². The predicted molar refractivity (Wildman–Crippen MR) is 87.7 cm³/mol. The van der Waals surface area contributed by atoms with E-state index in [-0.39, 0.29) is 19.2 Å². The van der Waals surface area contributed by atoms with Crippen molar-refractivity contribution < 1.29 is 9.53 Å². The molecule has 0 fully saturated rings. The molecule has 0 saturated carbocycles. The zero-order valence-electron chi connectivity index (χ0n) is 12.6. The minimum absolute atomic E-state index is 0.172. The van der Waals surface area contributed by atoms with Crippen molar-refractivity contribution in [1.82, 2.24) is 5.32 Å². The minimum atomic E-state index is -0.525. The van der Waals surface area contributed by atoms with E-state index in [1.165, 1.54) is 0 Å². The molecule has 0 aliphatic heterocycles. The maximum Gasteiger partial charge on any atom is 0.407 e. The molecular formula is C17H18N4O2. The van der Waals surface area contributed by atoms with Gasteiger partial charge in [0.1, 0.15) is 6.61 Å². The molecule has 1 amide bonds. The summed E-state index contributed by atoms with van der Waals surface area (Å²) in [5.41, 5.74) is 10.4. The molecule has 0 aliphatic carbocycles. The van der Waals surface area contributed by atoms with Crippen LogP contribution in [-0.2, 0) is 17.8 Å². The Morgan fingerprint density at radius 2 is 1.70 bits per heavy atom. The number of carbonyl (C=O) groups excluding carboxylic acids is 1. The highest BCUT2D eigenvalue weighted by Gasteiger charge is 2.13. The summed E-state index contributed by atoms with van der Waals surface area (Å²) >= 11 is 0. The Morgan fingerprint density at radius 3 is 2.30 bits per heavy atom. The average molecular weight is 310 g/mol. The standard InChI is InChI=1S/C17H18N4O2/c18-21-19-12-16(11-14-7-3-1-4-8-14)20-17(22)23-13-15-9-5-2-6-10-15/h1-10,16H,11-13H2,(H,20,22)/t16-/m1/s1. The second-order valence-electron chi connectivity index (χ2n) is 5.01. The molecule has 6 nitrogen and oxygen atoms in total. The number of alkyl carbamates (subject to hydrolysis) is 1. The van der Waals surface area contributed by atoms with Crippen LogP contribution in [0, 0.1) is 0 Å². The fourth-order valence-corrected chi connectivity index (χ4v) is 2.13. The SMILES string of the molecule is [N-]=[N+]=NC[C@@H](Cc1ccccc1)NC(=O)OCc1ccccc1. The molecule has 0 saturated heterocycles. The van der Waals surface area contributed by atoms with E-state index in [4.69, 9.17) is 10.3 Å². The van der Waals surface area contributed by atoms with Gasteiger partial charge in [-0.2, -0.15) is 0 Å². The van der Waals surface area contributed by atoms with Gasteiger partial charge in [-0.1, -0.05) is 65.8 Å². The molecule has 2 aromatic rings. The number of benzene rings is 2. The summed E-state index contributed by atoms with van der Waals surface area (Å²) < 4.78 is 5.19. The van der Waals surface area contributed by atoms with Crippen molar-refractivity contribution in [2.24, 2.45) is 5.11 Å². The fraction of sp³-hybridized carbons (Fsp3) is 0.235. The molecule has 0 bridgehead atoms. The third kappa shape index (κ3) is 6.11. The highest BCUT2D eigenvalue weighted by Crippen LogP contribution is 2.05. The van der Waals surface area contributed by atoms with Crippen molar-refractivity contribution in [2.75, 3.05) is 6.54 Å². The molecule has 0 spiro atoms. The summed E-state index contributed by atoms with van der Waals surface area (Å²) in [4.78, 5) is 14.7. The van der Waals surface area contributed by atoms with Gasteiger partial charge in [0.15, 0.2) is 0 Å². The molecule has 2 aromatic carbocycles. The highest BCUT2D eigenvalue weighted by molar-refractivity contribution is 5.67. The minimum Gasteiger partial charge on any atom is -0.445 e. The molecule has 118 valence electrons. The molecule has 1 atom stereocenters. The summed E-state index contributed by atoms with van der Waals surface area (Å²) in [6.45, 7) is 0.373. The van der Waals surface area contributed by atoms with Gasteiger partial charge in [0.25, 0.3) is 0 Å². The lowest BCUT2D eigenvalue weighted by molar-refractivity contribution is 0.136. The normalized spacial score (nSPS) is 11.1. The van der Waals surface area contributed by atoms with Crippen molar-refractivity contribution in [2.45, 2.75) is 19.1 Å². The number of azide groups is 1. The Kier molecular flexibility index (Phi) is 6.50. The third-order valence-electron chi connectivity index (χ3n) is 3.22. The van der Waals surface area contributed by atoms with Crippen molar-refractivity contribution >= 4 is 6.09 Å². The molecule has 6 heteroatoms. The number of nitrogens with one attached hydrogen (secondary N) is 1. The molecule has 0 aromatic heterocycles. The van der Waals surface area contributed by atoms with E-state index in [0.29, 0.717) is 6.42 Å². The zero-order valence-corrected chi connectivity index (χ0v) is 12.6. The van der Waals surface area contributed by atoms with Crippen LogP contribution in [-0.4, -0.2) is 18.7 Å². The molecule has 0 aliphatic rings. The molecular weight excluding hydrogens is 292 g/mol. The predicted octanol–water partition coefficient (Wildman–Crippen LogP) is 3.83. The van der Waals surface area contributed by atoms with Gasteiger partial charge in [0, 0.05) is 17.5 Å². The van der Waals surface area contributed by atoms with E-state index in [0.717, 1.165) is 11.1 Å². The van der Waals surface area contributed by atoms with Gasteiger partial charge in [0.05, 0.1) is 0 Å². The first-order valence-electron chi connectivity index (χ1n) is 7.30. The van der Waals surface area contributed by atoms with Gasteiger partial charge in [-0.05, 0) is 23.1 Å². The highest BCUT2D eigenvalue weighted by atomic mass is 16.5. The smallest absolute Gasteiger partial charge is 0.407 e. The van der Waals surface area contributed by atoms with E-state index in [9.17, 15) is 4.79 Å². The molecule has 0 radical (unpaired) electrons. The fourth-order valence-electron chi connectivity index (χ4n) is 2.13. The number of nitrogens with zero attached hydrogens (tertiary/aromatic N) is 3. The topological polar surface area (TPSA) is 87.1 Å². The number of carbonyl (C=O) groups is 1. The van der Waals surface area contributed by atoms with Gasteiger partial charge in [-0.15, -0.1) is 0 Å². The summed E-state index contributed by atoms with van der Waals surface area (Å²) in [6.07, 6.45) is 0.0447. The van der Waals surface area contributed by atoms with Gasteiger partial charge < -0.3 is 10.1 Å². The summed E-state index contributed by atoms with van der Waals surface area (Å²) in [5.74, 6) is 0. The lowest BCUT2D eigenvalue weighted by atomic mass is 10.1. The molecule has 2 rings (SSSR count). The van der Waals surface area contributed by atoms with Gasteiger partial charge in [-0.25, -0.2) is 4.79 Å². The Morgan fingerprint density at radius 1 is 1.09 bits per heavy atom. The molecule has 0 heterocycles. The summed E-state index contributed by atoms with van der Waals surface area (Å²) in [5, 5.41) is 6.29. The van der Waals surface area contributed by atoms with Crippen LogP contribution in [0.25, 0.3) is 10.4 Å². The van der Waals surface area contributed by atoms with Crippen LogP contribution < -0.4 is 5.32 Å². The first kappa shape index (κ1) is 16.4. The van der Waals surface area contributed by atoms with Crippen molar-refractivity contribution in [3.63, 3.8) is 0 Å². The molecule has 23 heavy (non-hydrogen) atoms. The Labute approximate surface area is 134 Å². The van der Waals surface area contributed by atoms with Gasteiger partial charge in [-0.3, -0.25) is 0 Å². The monoisotopic (exact) mass is 310 g/mol. The first-order valence-corrected chi connectivity index (χ1v) is 7.30. The second kappa shape index (κ2) is 9.12. The maximum atomic E-state index is 11.9. The van der Waals surface area contributed by atoms with Crippen LogP contribution in [0.15, 0.2) is 65.8 Å². The van der Waals surface area contributed by atoms with Crippen LogP contribution in [0.5, 0.6) is 0 Å². The van der Waals surface area contributed by atoms with Crippen LogP contribution in [0.3, 0.4) is 0 Å². The zero-order chi connectivity index (χ0) is 16.3. The van der Waals surface area contributed by atoms with E-state index < -0.39 is 6.09 Å². The van der Waals surface area contributed by atoms with E-state index in [1.54, 1.807) is 0 Å². The van der Waals surface area contributed by atoms with Crippen molar-refractivity contribution in [1.29, 1.82) is 0 Å². The van der Waals surface area contributed by atoms with E-state index >= 15 is 0 Å². The van der Waals surface area contributed by atoms with Crippen LogP contribution in [0.1, 0.15) is 11.1 Å². The summed E-state index contributed by atoms with van der Waals surface area (Å²) in [6, 6.07) is 18.8. The van der Waals surface area contributed by atoms with E-state index in [1.807, 2.05) is 60.7 Å². The molecule has 0 unspecified atom stereocenters. The summed E-state index contributed by atoms with van der Waals surface area (Å²) in [7, 11) is 0. The Hall–Kier alpha value is -2.98.